The van der Waals surface area contributed by atoms with Crippen molar-refractivity contribution >= 4 is 23.0 Å². The maximum atomic E-state index is 11.4. The van der Waals surface area contributed by atoms with Crippen LogP contribution in [-0.2, 0) is 11.4 Å². The smallest absolute Gasteiger partial charge is 0.303 e. The highest BCUT2D eigenvalue weighted by atomic mass is 16.6. The molecule has 3 aromatic rings. The van der Waals surface area contributed by atoms with E-state index in [1.807, 2.05) is 30.3 Å². The molecule has 8 heteroatoms. The summed E-state index contributed by atoms with van der Waals surface area (Å²) in [6.45, 7) is 0.860. The van der Waals surface area contributed by atoms with Gasteiger partial charge < -0.3 is 19.9 Å². The van der Waals surface area contributed by atoms with Gasteiger partial charge in [-0.05, 0) is 55.2 Å². The maximum absolute atomic E-state index is 11.4. The molecule has 8 nitrogen and oxygen atoms in total. The number of unbranched alkanes of at least 4 members (excludes halogenated alkanes) is 2. The van der Waals surface area contributed by atoms with Crippen molar-refractivity contribution in [1.29, 1.82) is 0 Å². The van der Waals surface area contributed by atoms with Crippen molar-refractivity contribution in [2.24, 2.45) is 0 Å². The van der Waals surface area contributed by atoms with Gasteiger partial charge in [0, 0.05) is 24.2 Å². The lowest BCUT2D eigenvalue weighted by molar-refractivity contribution is -0.383. The SMILES string of the molecule is O=C(O)CCCCCOc1ccc([N+](=O)[O-])c(Nc2ccc(OCc3ccccc3)cc2)c1. The minimum absolute atomic E-state index is 0.0618. The first-order valence-electron chi connectivity index (χ1n) is 10.7. The number of nitro benzene ring substituents is 1. The molecule has 0 spiro atoms. The lowest BCUT2D eigenvalue weighted by Crippen LogP contribution is -2.01. The predicted octanol–water partition coefficient (Wildman–Crippen LogP) is 5.94. The number of aliphatic carboxylic acids is 1. The van der Waals surface area contributed by atoms with Crippen molar-refractivity contribution in [2.75, 3.05) is 11.9 Å². The number of nitrogens with zero attached hydrogens (tertiary/aromatic N) is 1. The highest BCUT2D eigenvalue weighted by molar-refractivity contribution is 5.71. The maximum Gasteiger partial charge on any atom is 0.303 e. The largest absolute Gasteiger partial charge is 0.494 e. The molecule has 0 radical (unpaired) electrons. The van der Waals surface area contributed by atoms with Gasteiger partial charge in [0.25, 0.3) is 5.69 Å². The van der Waals surface area contributed by atoms with Crippen LogP contribution in [-0.4, -0.2) is 22.6 Å². The molecule has 0 heterocycles. The fourth-order valence-electron chi connectivity index (χ4n) is 3.14. The number of anilines is 2. The van der Waals surface area contributed by atoms with Crippen LogP contribution < -0.4 is 14.8 Å². The summed E-state index contributed by atoms with van der Waals surface area (Å²) in [4.78, 5) is 21.5. The third-order valence-electron chi connectivity index (χ3n) is 4.85. The zero-order valence-corrected chi connectivity index (χ0v) is 18.1. The summed E-state index contributed by atoms with van der Waals surface area (Å²) in [5, 5.41) is 23.2. The highest BCUT2D eigenvalue weighted by Crippen LogP contribution is 2.32. The van der Waals surface area contributed by atoms with Gasteiger partial charge in [-0.25, -0.2) is 0 Å². The number of ether oxygens (including phenoxy) is 2. The summed E-state index contributed by atoms with van der Waals surface area (Å²) >= 11 is 0. The number of carbonyl (C=O) groups is 1. The first-order chi connectivity index (χ1) is 16.0. The molecule has 0 fully saturated rings. The van der Waals surface area contributed by atoms with Crippen LogP contribution in [0, 0.1) is 10.1 Å². The summed E-state index contributed by atoms with van der Waals surface area (Å²) in [6.07, 6.45) is 2.18. The van der Waals surface area contributed by atoms with E-state index in [1.165, 1.54) is 6.07 Å². The van der Waals surface area contributed by atoms with Crippen molar-refractivity contribution in [3.05, 3.63) is 88.5 Å². The molecule has 3 rings (SSSR count). The van der Waals surface area contributed by atoms with Crippen molar-refractivity contribution in [2.45, 2.75) is 32.3 Å². The molecular formula is C25H26N2O6. The van der Waals surface area contributed by atoms with Gasteiger partial charge in [0.2, 0.25) is 0 Å². The topological polar surface area (TPSA) is 111 Å². The molecule has 33 heavy (non-hydrogen) atoms. The molecular weight excluding hydrogens is 424 g/mol. The van der Waals surface area contributed by atoms with Gasteiger partial charge in [-0.2, -0.15) is 0 Å². The number of hydrogen-bond acceptors (Lipinski definition) is 6. The summed E-state index contributed by atoms with van der Waals surface area (Å²) in [5.74, 6) is 0.390. The lowest BCUT2D eigenvalue weighted by Gasteiger charge is -2.12. The molecule has 0 atom stereocenters. The molecule has 0 aromatic heterocycles. The van der Waals surface area contributed by atoms with Gasteiger partial charge in [-0.3, -0.25) is 14.9 Å². The van der Waals surface area contributed by atoms with Crippen LogP contribution in [0.2, 0.25) is 0 Å². The van der Waals surface area contributed by atoms with Crippen LogP contribution in [0.3, 0.4) is 0 Å². The Morgan fingerprint density at radius 1 is 0.909 bits per heavy atom. The molecule has 0 aliphatic rings. The predicted molar refractivity (Wildman–Crippen MR) is 125 cm³/mol. The van der Waals surface area contributed by atoms with Gasteiger partial charge in [0.05, 0.1) is 11.5 Å². The second kappa shape index (κ2) is 12.1. The Kier molecular flexibility index (Phi) is 8.64. The summed E-state index contributed by atoms with van der Waals surface area (Å²) < 4.78 is 11.5. The van der Waals surface area contributed by atoms with Crippen LogP contribution in [0.15, 0.2) is 72.8 Å². The Balaban J connectivity index is 1.58. The fraction of sp³-hybridized carbons (Fsp3) is 0.240. The Morgan fingerprint density at radius 3 is 2.33 bits per heavy atom. The number of nitro groups is 1. The number of carboxylic acid groups (broad SMARTS) is 1. The van der Waals surface area contributed by atoms with Gasteiger partial charge in [0.1, 0.15) is 23.8 Å². The van der Waals surface area contributed by atoms with Crippen molar-refractivity contribution in [3.8, 4) is 11.5 Å². The fourth-order valence-corrected chi connectivity index (χ4v) is 3.14. The van der Waals surface area contributed by atoms with E-state index in [1.54, 1.807) is 36.4 Å². The van der Waals surface area contributed by atoms with E-state index in [4.69, 9.17) is 14.6 Å². The quantitative estimate of drug-likeness (QED) is 0.188. The normalized spacial score (nSPS) is 10.4. The average Bonchev–Trinajstić information content (AvgIpc) is 2.81. The molecule has 172 valence electrons. The molecule has 3 aromatic carbocycles. The number of rotatable bonds is 13. The Bertz CT molecular complexity index is 1050. The van der Waals surface area contributed by atoms with Gasteiger partial charge in [-0.1, -0.05) is 30.3 Å². The summed E-state index contributed by atoms with van der Waals surface area (Å²) in [7, 11) is 0. The molecule has 0 unspecified atom stereocenters. The number of benzene rings is 3. The zero-order valence-electron chi connectivity index (χ0n) is 18.1. The van der Waals surface area contributed by atoms with Crippen LogP contribution in [0.5, 0.6) is 11.5 Å². The molecule has 0 aliphatic carbocycles. The minimum Gasteiger partial charge on any atom is -0.494 e. The second-order valence-corrected chi connectivity index (χ2v) is 7.41. The molecule has 2 N–H and O–H groups in total. The molecule has 0 bridgehead atoms. The van der Waals surface area contributed by atoms with Crippen LogP contribution in [0.4, 0.5) is 17.1 Å². The third-order valence-corrected chi connectivity index (χ3v) is 4.85. The van der Waals surface area contributed by atoms with E-state index in [0.717, 1.165) is 12.0 Å². The number of carboxylic acids is 1. The van der Waals surface area contributed by atoms with Crippen molar-refractivity contribution in [3.63, 3.8) is 0 Å². The standard InChI is InChI=1S/C25H26N2O6/c28-25(29)9-5-2-6-16-32-22-14-15-24(27(30)31)23(17-22)26-20-10-12-21(13-11-20)33-18-19-7-3-1-4-8-19/h1,3-4,7-8,10-15,17,26H,2,5-6,9,16,18H2,(H,28,29). The third kappa shape index (κ3) is 7.84. The van der Waals surface area contributed by atoms with E-state index in [0.29, 0.717) is 48.9 Å². The van der Waals surface area contributed by atoms with E-state index < -0.39 is 10.9 Å². The number of nitrogens with one attached hydrogen (secondary N) is 1. The Labute approximate surface area is 191 Å². The van der Waals surface area contributed by atoms with E-state index in [2.05, 4.69) is 5.32 Å². The second-order valence-electron chi connectivity index (χ2n) is 7.41. The number of hydrogen-bond donors (Lipinski definition) is 2. The molecule has 0 amide bonds. The monoisotopic (exact) mass is 450 g/mol. The van der Waals surface area contributed by atoms with Crippen molar-refractivity contribution < 1.29 is 24.3 Å². The summed E-state index contributed by atoms with van der Waals surface area (Å²) in [5.41, 5.74) is 2.00. The van der Waals surface area contributed by atoms with E-state index in [-0.39, 0.29) is 12.1 Å². The molecule has 0 saturated heterocycles. The van der Waals surface area contributed by atoms with Gasteiger partial charge in [0.15, 0.2) is 0 Å². The zero-order chi connectivity index (χ0) is 23.5. The summed E-state index contributed by atoms with van der Waals surface area (Å²) in [6, 6.07) is 21.6. The minimum atomic E-state index is -0.808. The average molecular weight is 450 g/mol. The Morgan fingerprint density at radius 2 is 1.64 bits per heavy atom. The van der Waals surface area contributed by atoms with Crippen molar-refractivity contribution in [1.82, 2.24) is 0 Å². The first kappa shape index (κ1) is 23.6. The molecule has 0 saturated carbocycles. The van der Waals surface area contributed by atoms with E-state index >= 15 is 0 Å². The first-order valence-corrected chi connectivity index (χ1v) is 10.7. The Hall–Kier alpha value is -4.07. The molecule has 0 aliphatic heterocycles. The van der Waals surface area contributed by atoms with Gasteiger partial charge >= 0.3 is 5.97 Å². The van der Waals surface area contributed by atoms with Crippen LogP contribution in [0.25, 0.3) is 0 Å². The van der Waals surface area contributed by atoms with Crippen LogP contribution in [0.1, 0.15) is 31.2 Å². The lowest BCUT2D eigenvalue weighted by atomic mass is 10.2. The van der Waals surface area contributed by atoms with E-state index in [9.17, 15) is 14.9 Å². The highest BCUT2D eigenvalue weighted by Gasteiger charge is 2.15. The van der Waals surface area contributed by atoms with Crippen LogP contribution >= 0.6 is 0 Å². The van der Waals surface area contributed by atoms with Gasteiger partial charge in [-0.15, -0.1) is 0 Å².